The highest BCUT2D eigenvalue weighted by molar-refractivity contribution is 6.35. The number of halogens is 3. The lowest BCUT2D eigenvalue weighted by molar-refractivity contribution is -0.136. The van der Waals surface area contributed by atoms with Crippen LogP contribution in [0.3, 0.4) is 0 Å². The molecule has 0 aliphatic rings. The van der Waals surface area contributed by atoms with Crippen LogP contribution < -0.4 is 14.9 Å². The van der Waals surface area contributed by atoms with Crippen LogP contribution in [-0.2, 0) is 4.79 Å². The zero-order chi connectivity index (χ0) is 22.0. The van der Waals surface area contributed by atoms with E-state index in [9.17, 15) is 9.59 Å². The first-order valence-electron chi connectivity index (χ1n) is 9.01. The first-order valence-corrected chi connectivity index (χ1v) is 10.1. The molecule has 0 atom stereocenters. The van der Waals surface area contributed by atoms with Crippen LogP contribution in [0, 0.1) is 0 Å². The minimum absolute atomic E-state index is 0.190. The van der Waals surface area contributed by atoms with Gasteiger partial charge in [-0.1, -0.05) is 34.8 Å². The molecule has 4 rings (SSSR count). The predicted octanol–water partition coefficient (Wildman–Crippen LogP) is 6.40. The molecule has 0 radical (unpaired) electrons. The van der Waals surface area contributed by atoms with Crippen molar-refractivity contribution in [3.05, 3.63) is 92.0 Å². The van der Waals surface area contributed by atoms with E-state index in [1.807, 2.05) is 0 Å². The van der Waals surface area contributed by atoms with Crippen molar-refractivity contribution >= 4 is 51.7 Å². The largest absolute Gasteiger partial charge is 0.480 e. The van der Waals surface area contributed by atoms with Crippen LogP contribution in [-0.4, -0.2) is 12.6 Å². The Labute approximate surface area is 191 Å². The minimum atomic E-state index is -0.660. The summed E-state index contributed by atoms with van der Waals surface area (Å²) in [6, 6.07) is 17.5. The Morgan fingerprint density at radius 2 is 1.61 bits per heavy atom. The first-order chi connectivity index (χ1) is 14.9. The number of rotatable bonds is 5. The summed E-state index contributed by atoms with van der Waals surface area (Å²) in [5, 5.41) is 1.60. The lowest BCUT2D eigenvalue weighted by Crippen LogP contribution is -2.18. The van der Waals surface area contributed by atoms with Crippen molar-refractivity contribution in [2.24, 2.45) is 0 Å². The number of hydrogen-bond donors (Lipinski definition) is 0. The van der Waals surface area contributed by atoms with Gasteiger partial charge in [0.1, 0.15) is 22.8 Å². The van der Waals surface area contributed by atoms with Crippen LogP contribution in [0.4, 0.5) is 0 Å². The smallest absolute Gasteiger partial charge is 0.349 e. The number of fused-ring (bicyclic) bond motifs is 1. The number of benzene rings is 3. The molecule has 0 bridgehead atoms. The van der Waals surface area contributed by atoms with Crippen LogP contribution in [0.2, 0.25) is 15.1 Å². The third-order valence-electron chi connectivity index (χ3n) is 4.30. The topological polar surface area (TPSA) is 65.7 Å². The molecule has 3 aromatic carbocycles. The van der Waals surface area contributed by atoms with Gasteiger partial charge in [0.2, 0.25) is 0 Å². The molecule has 0 saturated carbocycles. The van der Waals surface area contributed by atoms with E-state index in [2.05, 4.69) is 0 Å². The van der Waals surface area contributed by atoms with E-state index in [-0.39, 0.29) is 28.2 Å². The Hall–Kier alpha value is -2.99. The van der Waals surface area contributed by atoms with Gasteiger partial charge in [0, 0.05) is 21.7 Å². The van der Waals surface area contributed by atoms with Crippen molar-refractivity contribution in [2.45, 2.75) is 0 Å². The number of esters is 1. The summed E-state index contributed by atoms with van der Waals surface area (Å²) in [7, 11) is 0. The Morgan fingerprint density at radius 1 is 0.871 bits per heavy atom. The van der Waals surface area contributed by atoms with Gasteiger partial charge in [0.15, 0.2) is 12.0 Å². The second kappa shape index (κ2) is 9.02. The second-order valence-corrected chi connectivity index (χ2v) is 7.76. The van der Waals surface area contributed by atoms with Crippen molar-refractivity contribution in [2.75, 3.05) is 6.61 Å². The minimum Gasteiger partial charge on any atom is -0.480 e. The van der Waals surface area contributed by atoms with E-state index in [0.29, 0.717) is 27.1 Å². The third-order valence-corrected chi connectivity index (χ3v) is 5.08. The highest BCUT2D eigenvalue weighted by Crippen LogP contribution is 2.28. The highest BCUT2D eigenvalue weighted by Gasteiger charge is 2.12. The van der Waals surface area contributed by atoms with Gasteiger partial charge in [0.05, 0.1) is 10.4 Å². The molecule has 0 N–H and O–H groups in total. The molecule has 1 heterocycles. The van der Waals surface area contributed by atoms with Crippen LogP contribution in [0.15, 0.2) is 75.9 Å². The third kappa shape index (κ3) is 5.02. The Bertz CT molecular complexity index is 1330. The molecule has 0 saturated heterocycles. The van der Waals surface area contributed by atoms with E-state index >= 15 is 0 Å². The highest BCUT2D eigenvalue weighted by atomic mass is 35.5. The molecule has 5 nitrogen and oxygen atoms in total. The van der Waals surface area contributed by atoms with Gasteiger partial charge in [-0.3, -0.25) is 4.79 Å². The van der Waals surface area contributed by atoms with E-state index in [1.54, 1.807) is 42.5 Å². The van der Waals surface area contributed by atoms with Gasteiger partial charge in [-0.2, -0.15) is 0 Å². The quantitative estimate of drug-likeness (QED) is 0.247. The lowest BCUT2D eigenvalue weighted by Gasteiger charge is -2.09. The summed E-state index contributed by atoms with van der Waals surface area (Å²) in [6.45, 7) is -0.372. The fourth-order valence-corrected chi connectivity index (χ4v) is 3.43. The van der Waals surface area contributed by atoms with Crippen LogP contribution in [0.5, 0.6) is 11.5 Å². The Morgan fingerprint density at radius 3 is 2.35 bits per heavy atom. The van der Waals surface area contributed by atoms with E-state index in [0.717, 1.165) is 5.56 Å². The van der Waals surface area contributed by atoms with Gasteiger partial charge in [0.25, 0.3) is 0 Å². The van der Waals surface area contributed by atoms with Gasteiger partial charge in [-0.15, -0.1) is 0 Å². The summed E-state index contributed by atoms with van der Waals surface area (Å²) < 4.78 is 16.4. The van der Waals surface area contributed by atoms with E-state index < -0.39 is 5.97 Å². The zero-order valence-corrected chi connectivity index (χ0v) is 18.0. The van der Waals surface area contributed by atoms with E-state index in [1.165, 1.54) is 24.3 Å². The average Bonchev–Trinajstić information content (AvgIpc) is 2.74. The summed E-state index contributed by atoms with van der Waals surface area (Å²) in [6.07, 6.45) is 0. The normalized spacial score (nSPS) is 10.8. The standard InChI is InChI=1S/C23H13Cl3O5/c24-14-3-1-13(2-4-14)22-11-19(27)17-10-16(6-8-20(17)31-22)30-23(28)12-29-21-7-5-15(25)9-18(21)26/h1-11H,12H2. The maximum Gasteiger partial charge on any atom is 0.349 e. The summed E-state index contributed by atoms with van der Waals surface area (Å²) in [5.74, 6) is 0.242. The molecule has 0 aliphatic carbocycles. The summed E-state index contributed by atoms with van der Waals surface area (Å²) >= 11 is 17.7. The number of carbonyl (C=O) groups excluding carboxylic acids is 1. The van der Waals surface area contributed by atoms with Crippen molar-refractivity contribution in [3.8, 4) is 22.8 Å². The molecule has 8 heteroatoms. The SMILES string of the molecule is O=C(COc1ccc(Cl)cc1Cl)Oc1ccc2oc(-c3ccc(Cl)cc3)cc(=O)c2c1. The van der Waals surface area contributed by atoms with Crippen molar-refractivity contribution in [3.63, 3.8) is 0 Å². The maximum atomic E-state index is 12.6. The van der Waals surface area contributed by atoms with Crippen LogP contribution in [0.1, 0.15) is 0 Å². The molecule has 0 aliphatic heterocycles. The molecule has 0 fully saturated rings. The van der Waals surface area contributed by atoms with Crippen molar-refractivity contribution in [1.29, 1.82) is 0 Å². The van der Waals surface area contributed by atoms with Crippen molar-refractivity contribution < 1.29 is 18.7 Å². The average molecular weight is 476 g/mol. The van der Waals surface area contributed by atoms with Gasteiger partial charge >= 0.3 is 5.97 Å². The van der Waals surface area contributed by atoms with E-state index in [4.69, 9.17) is 48.7 Å². The lowest BCUT2D eigenvalue weighted by atomic mass is 10.1. The second-order valence-electron chi connectivity index (χ2n) is 6.48. The Balaban J connectivity index is 1.50. The fraction of sp³-hybridized carbons (Fsp3) is 0.0435. The number of ether oxygens (including phenoxy) is 2. The number of hydrogen-bond acceptors (Lipinski definition) is 5. The molecule has 31 heavy (non-hydrogen) atoms. The summed E-state index contributed by atoms with van der Waals surface area (Å²) in [5.41, 5.74) is 0.812. The molecule has 0 spiro atoms. The van der Waals surface area contributed by atoms with Crippen molar-refractivity contribution in [1.82, 2.24) is 0 Å². The van der Waals surface area contributed by atoms with Gasteiger partial charge in [-0.05, 0) is 60.7 Å². The molecule has 0 amide bonds. The molecule has 1 aromatic heterocycles. The molecular weight excluding hydrogens is 463 g/mol. The summed E-state index contributed by atoms with van der Waals surface area (Å²) in [4.78, 5) is 24.7. The maximum absolute atomic E-state index is 12.6. The first kappa shape index (κ1) is 21.2. The predicted molar refractivity (Wildman–Crippen MR) is 121 cm³/mol. The van der Waals surface area contributed by atoms with Crippen LogP contribution >= 0.6 is 34.8 Å². The molecular formula is C23H13Cl3O5. The van der Waals surface area contributed by atoms with Gasteiger partial charge in [-0.25, -0.2) is 4.79 Å². The molecule has 4 aromatic rings. The van der Waals surface area contributed by atoms with Gasteiger partial charge < -0.3 is 13.9 Å². The monoisotopic (exact) mass is 474 g/mol. The van der Waals surface area contributed by atoms with Crippen LogP contribution in [0.25, 0.3) is 22.3 Å². The Kier molecular flexibility index (Phi) is 6.18. The number of carbonyl (C=O) groups is 1. The fourth-order valence-electron chi connectivity index (χ4n) is 2.85. The zero-order valence-electron chi connectivity index (χ0n) is 15.7. The molecule has 0 unspecified atom stereocenters. The molecule has 156 valence electrons.